The molecule has 0 nitrogen and oxygen atoms in total. The maximum atomic E-state index is 0. The van der Waals surface area contributed by atoms with Crippen LogP contribution < -0.4 is 0 Å². The van der Waals surface area contributed by atoms with Crippen LogP contribution in [0.2, 0.25) is 0 Å². The van der Waals surface area contributed by atoms with Crippen LogP contribution in [0.1, 0.15) is 0 Å². The summed E-state index contributed by atoms with van der Waals surface area (Å²) in [5, 5.41) is 0. The molecule has 0 aromatic heterocycles. The van der Waals surface area contributed by atoms with Crippen molar-refractivity contribution in [2.75, 3.05) is 0 Å². The van der Waals surface area contributed by atoms with E-state index in [4.69, 9.17) is 0 Å². The van der Waals surface area contributed by atoms with Gasteiger partial charge in [-0.05, 0) is 11.0 Å². The summed E-state index contributed by atoms with van der Waals surface area (Å²) in [6.07, 6.45) is 0. The van der Waals surface area contributed by atoms with Gasteiger partial charge in [-0.2, -0.15) is 0 Å². The first kappa shape index (κ1) is 38.7. The zero-order valence-electron chi connectivity index (χ0n) is 1.10. The maximum absolute atomic E-state index is 0. The molecule has 0 amide bonds. The zero-order valence-corrected chi connectivity index (χ0v) is 6.17. The molecule has 4 heavy (non-hydrogen) atoms. The van der Waals surface area contributed by atoms with Crippen LogP contribution in [0.3, 0.4) is 0 Å². The van der Waals surface area contributed by atoms with E-state index in [9.17, 15) is 0 Å². The molecule has 0 aromatic carbocycles. The number of hydrogen-bond acceptors (Lipinski definition) is 0. The van der Waals surface area contributed by atoms with Gasteiger partial charge < -0.3 is 0 Å². The van der Waals surface area contributed by atoms with E-state index in [-0.39, 0.29) is 65.9 Å². The van der Waals surface area contributed by atoms with Crippen molar-refractivity contribution < 1.29 is 54.9 Å². The average molecular weight is 331 g/mol. The number of hydrogen-bond donors (Lipinski definition) is 0. The summed E-state index contributed by atoms with van der Waals surface area (Å²) in [6, 6.07) is 0. The molecule has 0 aliphatic carbocycles. The molecule has 31 valence electrons. The van der Waals surface area contributed by atoms with Crippen molar-refractivity contribution in [1.29, 1.82) is 0 Å². The van der Waals surface area contributed by atoms with E-state index in [0.29, 0.717) is 0 Å². The van der Waals surface area contributed by atoms with Gasteiger partial charge in [-0.15, -0.1) is 0 Å². The first-order valence-corrected chi connectivity index (χ1v) is 0. The molecular weight excluding hydrogens is 327 g/mol. The van der Waals surface area contributed by atoms with Gasteiger partial charge in [-0.1, -0.05) is 0 Å². The third kappa shape index (κ3) is 9.06. The minimum Gasteiger partial charge on any atom is -0.0149 e. The molecule has 0 bridgehead atoms. The van der Waals surface area contributed by atoms with E-state index in [2.05, 4.69) is 0 Å². The molecule has 0 unspecified atom stereocenters. The third-order valence-corrected chi connectivity index (χ3v) is 0. The summed E-state index contributed by atoms with van der Waals surface area (Å²) < 4.78 is 0. The summed E-state index contributed by atoms with van der Waals surface area (Å²) in [4.78, 5) is 0. The summed E-state index contributed by atoms with van der Waals surface area (Å²) in [7, 11) is 0. The standard InChI is InChI=1S/Co.Fe.H4Si.W/h;;1H4;. The molecule has 1 radical (unpaired) electrons. The Bertz CT molecular complexity index is 8.00. The smallest absolute Gasteiger partial charge is 0 e. The monoisotopic (exact) mass is 331 g/mol. The van der Waals surface area contributed by atoms with E-state index in [1.165, 1.54) is 0 Å². The van der Waals surface area contributed by atoms with Crippen LogP contribution in [0.25, 0.3) is 0 Å². The Kier molecular flexibility index (Phi) is 198. The van der Waals surface area contributed by atoms with E-state index in [1.54, 1.807) is 0 Å². The summed E-state index contributed by atoms with van der Waals surface area (Å²) >= 11 is 0. The second-order valence-corrected chi connectivity index (χ2v) is 0. The van der Waals surface area contributed by atoms with E-state index >= 15 is 0 Å². The Balaban J connectivity index is 0. The maximum Gasteiger partial charge on any atom is 0 e. The molecular formula is H4CoFeSiW. The van der Waals surface area contributed by atoms with Crippen LogP contribution in [0.5, 0.6) is 0 Å². The van der Waals surface area contributed by atoms with E-state index < -0.39 is 0 Å². The van der Waals surface area contributed by atoms with Gasteiger partial charge in [-0.25, -0.2) is 0 Å². The Labute approximate surface area is 65.4 Å². The predicted octanol–water partition coefficient (Wildman–Crippen LogP) is -1.46. The summed E-state index contributed by atoms with van der Waals surface area (Å²) in [5.74, 6) is 0. The van der Waals surface area contributed by atoms with Crippen LogP contribution >= 0.6 is 0 Å². The van der Waals surface area contributed by atoms with Crippen LogP contribution in [-0.4, -0.2) is 11.0 Å². The molecule has 0 spiro atoms. The predicted molar refractivity (Wildman–Crippen MR) is 11.3 cm³/mol. The van der Waals surface area contributed by atoms with Crippen molar-refractivity contribution >= 4 is 11.0 Å². The minimum absolute atomic E-state index is 0. The largest absolute Gasteiger partial charge is 0.0149 e. The fourth-order valence-electron chi connectivity index (χ4n) is 0. The van der Waals surface area contributed by atoms with Crippen molar-refractivity contribution in [2.24, 2.45) is 0 Å². The van der Waals surface area contributed by atoms with Crippen LogP contribution in [0, 0.1) is 0 Å². The van der Waals surface area contributed by atoms with Gasteiger partial charge in [0.05, 0.1) is 0 Å². The van der Waals surface area contributed by atoms with Crippen LogP contribution in [-0.2, 0) is 54.9 Å². The summed E-state index contributed by atoms with van der Waals surface area (Å²) in [5.41, 5.74) is 0. The molecule has 4 heteroatoms. The number of rotatable bonds is 0. The topological polar surface area (TPSA) is 0 Å². The second kappa shape index (κ2) is 20.4. The average Bonchev–Trinajstić information content (AvgIpc) is 0. The Hall–Kier alpha value is 1.93. The van der Waals surface area contributed by atoms with Crippen LogP contribution in [0.4, 0.5) is 0 Å². The van der Waals surface area contributed by atoms with Gasteiger partial charge in [0.2, 0.25) is 0 Å². The van der Waals surface area contributed by atoms with Crippen LogP contribution in [0.15, 0.2) is 0 Å². The second-order valence-electron chi connectivity index (χ2n) is 0. The van der Waals surface area contributed by atoms with Gasteiger partial charge in [0.25, 0.3) is 0 Å². The fraction of sp³-hybridized carbons (Fsp3) is 0. The molecule has 0 heterocycles. The Morgan fingerprint density at radius 3 is 1.00 bits per heavy atom. The first-order chi connectivity index (χ1) is 0. The van der Waals surface area contributed by atoms with Crippen molar-refractivity contribution in [1.82, 2.24) is 0 Å². The Morgan fingerprint density at radius 2 is 1.00 bits per heavy atom. The van der Waals surface area contributed by atoms with Gasteiger partial charge in [0.15, 0.2) is 0 Å². The summed E-state index contributed by atoms with van der Waals surface area (Å²) in [6.45, 7) is 0. The molecule has 0 aromatic rings. The molecule has 0 aliphatic heterocycles. The van der Waals surface area contributed by atoms with Gasteiger partial charge in [0.1, 0.15) is 0 Å². The van der Waals surface area contributed by atoms with E-state index in [1.807, 2.05) is 0 Å². The first-order valence-electron chi connectivity index (χ1n) is 0. The fourth-order valence-corrected chi connectivity index (χ4v) is 0. The SMILES string of the molecule is [Co].[Fe].[SiH4].[W]. The van der Waals surface area contributed by atoms with Crippen molar-refractivity contribution in [2.45, 2.75) is 0 Å². The van der Waals surface area contributed by atoms with Crippen molar-refractivity contribution in [3.05, 3.63) is 0 Å². The molecule has 0 atom stereocenters. The molecule has 0 N–H and O–H groups in total. The zero-order chi connectivity index (χ0) is 0. The molecule has 0 fully saturated rings. The van der Waals surface area contributed by atoms with Crippen molar-refractivity contribution in [3.63, 3.8) is 0 Å². The molecule has 0 saturated carbocycles. The molecule has 0 aliphatic rings. The Morgan fingerprint density at radius 1 is 1.00 bits per heavy atom. The van der Waals surface area contributed by atoms with E-state index in [0.717, 1.165) is 0 Å². The molecule has 0 saturated heterocycles. The van der Waals surface area contributed by atoms with Gasteiger partial charge >= 0.3 is 0 Å². The molecule has 0 rings (SSSR count). The minimum atomic E-state index is 0. The van der Waals surface area contributed by atoms with Gasteiger partial charge in [-0.3, -0.25) is 0 Å². The van der Waals surface area contributed by atoms with Crippen molar-refractivity contribution in [3.8, 4) is 0 Å². The van der Waals surface area contributed by atoms with Gasteiger partial charge in [0, 0.05) is 54.9 Å². The normalized spacial score (nSPS) is 0. The third-order valence-electron chi connectivity index (χ3n) is 0. The quantitative estimate of drug-likeness (QED) is 0.476.